The van der Waals surface area contributed by atoms with Gasteiger partial charge < -0.3 is 31.3 Å². The Morgan fingerprint density at radius 3 is 2.30 bits per heavy atom. The summed E-state index contributed by atoms with van der Waals surface area (Å²) in [6.45, 7) is 3.77. The monoisotopic (exact) mass is 413 g/mol. The fourth-order valence-electron chi connectivity index (χ4n) is 4.48. The molecular formula is C20H15NO9. The number of carbonyl (C=O) groups excluding carboxylic acids is 4. The molecule has 30 heavy (non-hydrogen) atoms. The number of aromatic hydroxyl groups is 1. The Hall–Kier alpha value is -3.76. The molecule has 1 amide bonds. The van der Waals surface area contributed by atoms with E-state index in [1.807, 2.05) is 0 Å². The minimum absolute atomic E-state index is 0.0287. The molecule has 0 unspecified atom stereocenters. The maximum absolute atomic E-state index is 13.2. The molecule has 1 aromatic rings. The highest BCUT2D eigenvalue weighted by atomic mass is 16.3. The largest absolute Gasteiger partial charge is 0.507 e. The molecule has 1 fully saturated rings. The van der Waals surface area contributed by atoms with Gasteiger partial charge in [-0.3, -0.25) is 19.2 Å². The lowest BCUT2D eigenvalue weighted by molar-refractivity contribution is -0.171. The Kier molecular flexibility index (Phi) is 3.83. The third kappa shape index (κ3) is 2.03. The predicted octanol–water partition coefficient (Wildman–Crippen LogP) is -0.956. The Morgan fingerprint density at radius 2 is 1.70 bits per heavy atom. The Labute approximate surface area is 167 Å². The van der Waals surface area contributed by atoms with Crippen LogP contribution in [0.3, 0.4) is 0 Å². The molecule has 4 rings (SSSR count). The minimum Gasteiger partial charge on any atom is -0.507 e. The topological polar surface area (TPSA) is 195 Å². The molecule has 0 heterocycles. The van der Waals surface area contributed by atoms with Crippen molar-refractivity contribution in [1.29, 1.82) is 0 Å². The number of rotatable bonds is 1. The number of carbonyl (C=O) groups is 4. The maximum atomic E-state index is 13.2. The highest BCUT2D eigenvalue weighted by Gasteiger charge is 2.68. The molecule has 0 bridgehead atoms. The van der Waals surface area contributed by atoms with E-state index in [0.717, 1.165) is 0 Å². The number of aliphatic hydroxyl groups is 4. The van der Waals surface area contributed by atoms with Gasteiger partial charge in [0.2, 0.25) is 23.0 Å². The van der Waals surface area contributed by atoms with Crippen molar-refractivity contribution in [2.45, 2.75) is 11.7 Å². The Balaban J connectivity index is 2.05. The van der Waals surface area contributed by atoms with Gasteiger partial charge in [0.25, 0.3) is 5.91 Å². The van der Waals surface area contributed by atoms with E-state index in [9.17, 15) is 44.7 Å². The zero-order valence-corrected chi connectivity index (χ0v) is 15.1. The first-order valence-electron chi connectivity index (χ1n) is 8.68. The van der Waals surface area contributed by atoms with Gasteiger partial charge in [-0.1, -0.05) is 18.7 Å². The van der Waals surface area contributed by atoms with E-state index in [4.69, 9.17) is 5.73 Å². The van der Waals surface area contributed by atoms with E-state index in [1.54, 1.807) is 0 Å². The van der Waals surface area contributed by atoms with E-state index in [2.05, 4.69) is 6.58 Å². The molecule has 0 radical (unpaired) electrons. The number of allylic oxidation sites excluding steroid dienone is 1. The summed E-state index contributed by atoms with van der Waals surface area (Å²) in [7, 11) is 0. The quantitative estimate of drug-likeness (QED) is 0.248. The average molecular weight is 413 g/mol. The summed E-state index contributed by atoms with van der Waals surface area (Å²) >= 11 is 0. The normalized spacial score (nSPS) is 30.8. The molecule has 1 saturated carbocycles. The molecule has 4 atom stereocenters. The summed E-state index contributed by atoms with van der Waals surface area (Å²) in [6.07, 6.45) is -1.99. The second kappa shape index (κ2) is 5.88. The predicted molar refractivity (Wildman–Crippen MR) is 98.5 cm³/mol. The summed E-state index contributed by atoms with van der Waals surface area (Å²) in [5.41, 5.74) is -0.235. The van der Waals surface area contributed by atoms with Gasteiger partial charge in [0, 0.05) is 5.92 Å². The lowest BCUT2D eigenvalue weighted by atomic mass is 9.56. The number of amides is 1. The number of hydrogen-bond acceptors (Lipinski definition) is 9. The van der Waals surface area contributed by atoms with Crippen LogP contribution in [-0.2, 0) is 19.2 Å². The molecule has 0 spiro atoms. The molecule has 3 aliphatic rings. The van der Waals surface area contributed by atoms with Crippen LogP contribution >= 0.6 is 0 Å². The van der Waals surface area contributed by atoms with Crippen LogP contribution in [0.2, 0.25) is 0 Å². The van der Waals surface area contributed by atoms with Gasteiger partial charge in [-0.15, -0.1) is 0 Å². The van der Waals surface area contributed by atoms with E-state index in [1.165, 1.54) is 18.2 Å². The molecule has 10 nitrogen and oxygen atoms in total. The molecule has 3 aliphatic carbocycles. The van der Waals surface area contributed by atoms with Crippen LogP contribution in [0.5, 0.6) is 5.75 Å². The average Bonchev–Trinajstić information content (AvgIpc) is 2.67. The van der Waals surface area contributed by atoms with Gasteiger partial charge >= 0.3 is 0 Å². The van der Waals surface area contributed by atoms with Crippen molar-refractivity contribution < 1.29 is 44.7 Å². The van der Waals surface area contributed by atoms with Crippen molar-refractivity contribution in [3.8, 4) is 5.75 Å². The highest BCUT2D eigenvalue weighted by molar-refractivity contribution is 6.38. The van der Waals surface area contributed by atoms with E-state index < -0.39 is 75.2 Å². The van der Waals surface area contributed by atoms with E-state index in [-0.39, 0.29) is 16.7 Å². The molecule has 0 aliphatic heterocycles. The van der Waals surface area contributed by atoms with Crippen LogP contribution in [0.4, 0.5) is 0 Å². The summed E-state index contributed by atoms with van der Waals surface area (Å²) < 4.78 is 0. The Bertz CT molecular complexity index is 1170. The summed E-state index contributed by atoms with van der Waals surface area (Å²) in [4.78, 5) is 50.2. The number of nitrogens with two attached hydrogens (primary N) is 1. The van der Waals surface area contributed by atoms with Gasteiger partial charge in [-0.2, -0.15) is 0 Å². The van der Waals surface area contributed by atoms with Gasteiger partial charge in [0.1, 0.15) is 17.1 Å². The van der Waals surface area contributed by atoms with E-state index in [0.29, 0.717) is 0 Å². The minimum atomic E-state index is -3.30. The summed E-state index contributed by atoms with van der Waals surface area (Å²) in [6, 6.07) is 4.08. The van der Waals surface area contributed by atoms with Crippen LogP contribution in [-0.4, -0.2) is 60.5 Å². The molecule has 1 aromatic carbocycles. The highest BCUT2D eigenvalue weighted by Crippen LogP contribution is 2.53. The molecule has 0 aromatic heterocycles. The number of benzene rings is 1. The first-order chi connectivity index (χ1) is 14.0. The number of Topliss-reactive ketones (excluding diaryl/α,β-unsaturated/α-hetero) is 3. The number of aliphatic hydroxyl groups excluding tert-OH is 3. The number of hydrogen-bond donors (Lipinski definition) is 6. The van der Waals surface area contributed by atoms with Crippen molar-refractivity contribution in [2.75, 3.05) is 0 Å². The lowest BCUT2D eigenvalue weighted by Crippen LogP contribution is -2.68. The zero-order valence-electron chi connectivity index (χ0n) is 15.1. The number of ketones is 3. The number of phenolic OH excluding ortho intramolecular Hbond substituents is 1. The first kappa shape index (κ1) is 19.6. The van der Waals surface area contributed by atoms with Gasteiger partial charge in [0.15, 0.2) is 5.76 Å². The molecular weight excluding hydrogens is 398 g/mol. The van der Waals surface area contributed by atoms with Gasteiger partial charge in [-0.05, 0) is 17.2 Å². The van der Waals surface area contributed by atoms with Crippen molar-refractivity contribution >= 4 is 34.6 Å². The fourth-order valence-corrected chi connectivity index (χ4v) is 4.48. The SMILES string of the molecule is C=C1c2cccc(O)c2C(O)=C2C(=O)[C@]3(O)C(=O)C(C(N)=O)=C(O)C(=O)[C@@H]3[C@@H](O)[C@H]12. The van der Waals surface area contributed by atoms with Gasteiger partial charge in [0.05, 0.1) is 23.2 Å². The standard InChI is InChI=1S/C20H15NO9/c1-5-6-3-2-4-7(22)9(6)13(23)10-8(5)14(24)12-16(26)15(25)11(19(21)29)18(28)20(12,30)17(10)27/h2-4,8,12,14,22-25,30H,1H2,(H2,21,29)/t8-,12+,14+,20+/m1/s1. The van der Waals surface area contributed by atoms with Crippen LogP contribution < -0.4 is 5.73 Å². The zero-order chi connectivity index (χ0) is 22.3. The second-order valence-electron chi connectivity index (χ2n) is 7.31. The van der Waals surface area contributed by atoms with Crippen LogP contribution in [0.1, 0.15) is 11.1 Å². The smallest absolute Gasteiger partial charge is 0.256 e. The summed E-state index contributed by atoms with van der Waals surface area (Å²) in [5.74, 6) is -12.4. The fraction of sp³-hybridized carbons (Fsp3) is 0.200. The second-order valence-corrected chi connectivity index (χ2v) is 7.31. The third-order valence-corrected chi connectivity index (χ3v) is 5.86. The van der Waals surface area contributed by atoms with Gasteiger partial charge in [-0.25, -0.2) is 0 Å². The number of fused-ring (bicyclic) bond motifs is 3. The number of primary amides is 1. The lowest BCUT2D eigenvalue weighted by Gasteiger charge is -2.47. The summed E-state index contributed by atoms with van der Waals surface area (Å²) in [5, 5.41) is 52.7. The third-order valence-electron chi connectivity index (χ3n) is 5.86. The molecule has 10 heteroatoms. The van der Waals surface area contributed by atoms with Crippen molar-refractivity contribution in [1.82, 2.24) is 0 Å². The molecule has 7 N–H and O–H groups in total. The van der Waals surface area contributed by atoms with E-state index >= 15 is 0 Å². The van der Waals surface area contributed by atoms with Crippen molar-refractivity contribution in [3.63, 3.8) is 0 Å². The van der Waals surface area contributed by atoms with Crippen LogP contribution in [0.25, 0.3) is 11.3 Å². The first-order valence-corrected chi connectivity index (χ1v) is 8.68. The Morgan fingerprint density at radius 1 is 1.07 bits per heavy atom. The molecule has 0 saturated heterocycles. The van der Waals surface area contributed by atoms with Crippen molar-refractivity contribution in [3.05, 3.63) is 52.8 Å². The van der Waals surface area contributed by atoms with Crippen LogP contribution in [0, 0.1) is 11.8 Å². The van der Waals surface area contributed by atoms with Crippen molar-refractivity contribution in [2.24, 2.45) is 17.6 Å². The molecule has 154 valence electrons. The number of phenols is 1. The van der Waals surface area contributed by atoms with Crippen LogP contribution in [0.15, 0.2) is 41.7 Å². The maximum Gasteiger partial charge on any atom is 0.256 e.